The third-order valence-corrected chi connectivity index (χ3v) is 4.88. The van der Waals surface area contributed by atoms with Crippen LogP contribution < -0.4 is 15.0 Å². The summed E-state index contributed by atoms with van der Waals surface area (Å²) in [5.74, 6) is 0.485. The number of carbonyl (C=O) groups is 2. The van der Waals surface area contributed by atoms with Crippen molar-refractivity contribution in [3.8, 4) is 5.75 Å². The van der Waals surface area contributed by atoms with Gasteiger partial charge in [0, 0.05) is 23.9 Å². The molecule has 5 nitrogen and oxygen atoms in total. The Morgan fingerprint density at radius 2 is 1.93 bits per heavy atom. The zero-order valence-corrected chi connectivity index (χ0v) is 16.6. The molecule has 1 heterocycles. The van der Waals surface area contributed by atoms with E-state index in [0.717, 1.165) is 16.8 Å². The van der Waals surface area contributed by atoms with E-state index in [4.69, 9.17) is 4.74 Å². The lowest BCUT2D eigenvalue weighted by Crippen LogP contribution is -2.42. The van der Waals surface area contributed by atoms with Gasteiger partial charge in [0.15, 0.2) is 0 Å². The Balaban J connectivity index is 1.90. The van der Waals surface area contributed by atoms with Crippen LogP contribution in [0.25, 0.3) is 0 Å². The maximum absolute atomic E-state index is 12.8. The number of carbonyl (C=O) groups excluding carboxylic acids is 2. The molecule has 1 aliphatic heterocycles. The maximum Gasteiger partial charge on any atom is 0.255 e. The van der Waals surface area contributed by atoms with Crippen LogP contribution in [0.4, 0.5) is 11.4 Å². The highest BCUT2D eigenvalue weighted by molar-refractivity contribution is 6.06. The lowest BCUT2D eigenvalue weighted by atomic mass is 9.93. The second-order valence-electron chi connectivity index (χ2n) is 7.68. The number of nitrogens with one attached hydrogen (secondary N) is 1. The molecule has 5 heteroatoms. The Morgan fingerprint density at radius 3 is 2.63 bits per heavy atom. The fraction of sp³-hybridized carbons (Fsp3) is 0.364. The SMILES string of the molecule is CCN1C(=O)C(C)(C)COc2cc(NC(=O)c3cc(C)ccc3C)ccc21. The number of fused-ring (bicyclic) bond motifs is 1. The van der Waals surface area contributed by atoms with Crippen molar-refractivity contribution >= 4 is 23.2 Å². The molecule has 0 fully saturated rings. The van der Waals surface area contributed by atoms with Crippen molar-refractivity contribution in [2.24, 2.45) is 5.41 Å². The van der Waals surface area contributed by atoms with Gasteiger partial charge in [0.1, 0.15) is 12.4 Å². The molecule has 0 spiro atoms. The molecule has 0 saturated heterocycles. The van der Waals surface area contributed by atoms with Crippen LogP contribution >= 0.6 is 0 Å². The summed E-state index contributed by atoms with van der Waals surface area (Å²) in [4.78, 5) is 27.2. The molecule has 27 heavy (non-hydrogen) atoms. The van der Waals surface area contributed by atoms with Gasteiger partial charge in [-0.15, -0.1) is 0 Å². The van der Waals surface area contributed by atoms with Gasteiger partial charge in [-0.2, -0.15) is 0 Å². The van der Waals surface area contributed by atoms with Crippen molar-refractivity contribution in [1.82, 2.24) is 0 Å². The van der Waals surface area contributed by atoms with Crippen LogP contribution in [0.2, 0.25) is 0 Å². The molecule has 0 radical (unpaired) electrons. The van der Waals surface area contributed by atoms with Crippen LogP contribution in [0.1, 0.15) is 42.3 Å². The van der Waals surface area contributed by atoms with Crippen molar-refractivity contribution in [2.45, 2.75) is 34.6 Å². The van der Waals surface area contributed by atoms with Crippen LogP contribution in [-0.2, 0) is 4.79 Å². The Morgan fingerprint density at radius 1 is 1.19 bits per heavy atom. The van der Waals surface area contributed by atoms with Crippen LogP contribution in [-0.4, -0.2) is 25.0 Å². The summed E-state index contributed by atoms with van der Waals surface area (Å²) in [6.07, 6.45) is 0. The first-order valence-corrected chi connectivity index (χ1v) is 9.20. The minimum absolute atomic E-state index is 0.0379. The lowest BCUT2D eigenvalue weighted by Gasteiger charge is -2.26. The summed E-state index contributed by atoms with van der Waals surface area (Å²) in [7, 11) is 0. The number of hydrogen-bond donors (Lipinski definition) is 1. The third kappa shape index (κ3) is 3.68. The fourth-order valence-corrected chi connectivity index (χ4v) is 3.22. The van der Waals surface area contributed by atoms with E-state index in [-0.39, 0.29) is 11.8 Å². The number of aryl methyl sites for hydroxylation is 2. The minimum atomic E-state index is -0.600. The number of benzene rings is 2. The molecule has 3 rings (SSSR count). The van der Waals surface area contributed by atoms with Gasteiger partial charge < -0.3 is 15.0 Å². The zero-order chi connectivity index (χ0) is 19.8. The molecule has 0 unspecified atom stereocenters. The molecule has 2 amide bonds. The zero-order valence-electron chi connectivity index (χ0n) is 16.6. The van der Waals surface area contributed by atoms with Gasteiger partial charge in [0.25, 0.3) is 5.91 Å². The number of nitrogens with zero attached hydrogens (tertiary/aromatic N) is 1. The second-order valence-corrected chi connectivity index (χ2v) is 7.68. The van der Waals surface area contributed by atoms with Crippen molar-refractivity contribution in [3.05, 3.63) is 53.1 Å². The van der Waals surface area contributed by atoms with Crippen molar-refractivity contribution in [3.63, 3.8) is 0 Å². The fourth-order valence-electron chi connectivity index (χ4n) is 3.22. The maximum atomic E-state index is 12.8. The molecular weight excluding hydrogens is 340 g/mol. The molecule has 0 atom stereocenters. The highest BCUT2D eigenvalue weighted by Gasteiger charge is 2.37. The molecule has 0 bridgehead atoms. The minimum Gasteiger partial charge on any atom is -0.490 e. The van der Waals surface area contributed by atoms with Gasteiger partial charge in [-0.25, -0.2) is 0 Å². The highest BCUT2D eigenvalue weighted by Crippen LogP contribution is 2.38. The van der Waals surface area contributed by atoms with Crippen LogP contribution in [0.15, 0.2) is 36.4 Å². The van der Waals surface area contributed by atoms with E-state index in [0.29, 0.717) is 30.2 Å². The van der Waals surface area contributed by atoms with E-state index < -0.39 is 5.41 Å². The van der Waals surface area contributed by atoms with Gasteiger partial charge in [-0.1, -0.05) is 17.7 Å². The molecule has 1 N–H and O–H groups in total. The molecule has 2 aromatic carbocycles. The smallest absolute Gasteiger partial charge is 0.255 e. The van der Waals surface area contributed by atoms with Gasteiger partial charge >= 0.3 is 0 Å². The van der Waals surface area contributed by atoms with Crippen LogP contribution in [0.5, 0.6) is 5.75 Å². The normalized spacial score (nSPS) is 15.6. The number of anilines is 2. The first-order chi connectivity index (χ1) is 12.7. The van der Waals surface area contributed by atoms with Crippen LogP contribution in [0, 0.1) is 19.3 Å². The molecular formula is C22H26N2O3. The first-order valence-electron chi connectivity index (χ1n) is 9.20. The van der Waals surface area contributed by atoms with E-state index in [2.05, 4.69) is 5.32 Å². The second kappa shape index (κ2) is 7.06. The van der Waals surface area contributed by atoms with Crippen molar-refractivity contribution < 1.29 is 14.3 Å². The van der Waals surface area contributed by atoms with E-state index in [1.165, 1.54) is 0 Å². The molecule has 1 aliphatic rings. The van der Waals surface area contributed by atoms with E-state index in [9.17, 15) is 9.59 Å². The summed E-state index contributed by atoms with van der Waals surface area (Å²) in [6.45, 7) is 10.4. The number of rotatable bonds is 3. The summed E-state index contributed by atoms with van der Waals surface area (Å²) < 4.78 is 5.92. The lowest BCUT2D eigenvalue weighted by molar-refractivity contribution is -0.127. The molecule has 2 aromatic rings. The van der Waals surface area contributed by atoms with Crippen molar-refractivity contribution in [2.75, 3.05) is 23.4 Å². The van der Waals surface area contributed by atoms with Gasteiger partial charge in [-0.05, 0) is 58.4 Å². The summed E-state index contributed by atoms with van der Waals surface area (Å²) in [6, 6.07) is 11.2. The summed E-state index contributed by atoms with van der Waals surface area (Å²) in [5.41, 5.74) is 3.39. The summed E-state index contributed by atoms with van der Waals surface area (Å²) >= 11 is 0. The highest BCUT2D eigenvalue weighted by atomic mass is 16.5. The van der Waals surface area contributed by atoms with Gasteiger partial charge in [0.2, 0.25) is 5.91 Å². The van der Waals surface area contributed by atoms with Crippen LogP contribution in [0.3, 0.4) is 0 Å². The standard InChI is InChI=1S/C22H26N2O3/c1-6-24-18-10-9-16(12-19(18)27-13-22(4,5)21(24)26)23-20(25)17-11-14(2)7-8-15(17)3/h7-12H,6,13H2,1-5H3,(H,23,25). The monoisotopic (exact) mass is 366 g/mol. The number of hydrogen-bond acceptors (Lipinski definition) is 3. The topological polar surface area (TPSA) is 58.6 Å². The predicted molar refractivity (Wildman–Crippen MR) is 108 cm³/mol. The average molecular weight is 366 g/mol. The predicted octanol–water partition coefficient (Wildman–Crippen LogP) is 4.33. The third-order valence-electron chi connectivity index (χ3n) is 4.88. The van der Waals surface area contributed by atoms with Crippen molar-refractivity contribution in [1.29, 1.82) is 0 Å². The number of ether oxygens (including phenoxy) is 1. The van der Waals surface area contributed by atoms with E-state index in [1.807, 2.05) is 58.9 Å². The van der Waals surface area contributed by atoms with Gasteiger partial charge in [-0.3, -0.25) is 9.59 Å². The Bertz CT molecular complexity index is 902. The molecule has 142 valence electrons. The first kappa shape index (κ1) is 19.0. The van der Waals surface area contributed by atoms with E-state index in [1.54, 1.807) is 17.0 Å². The number of amides is 2. The quantitative estimate of drug-likeness (QED) is 0.880. The molecule has 0 aromatic heterocycles. The van der Waals surface area contributed by atoms with E-state index >= 15 is 0 Å². The summed E-state index contributed by atoms with van der Waals surface area (Å²) in [5, 5.41) is 2.94. The molecule has 0 saturated carbocycles. The largest absolute Gasteiger partial charge is 0.490 e. The Hall–Kier alpha value is -2.82. The van der Waals surface area contributed by atoms with Gasteiger partial charge in [0.05, 0.1) is 11.1 Å². The Labute approximate surface area is 160 Å². The average Bonchev–Trinajstić information content (AvgIpc) is 2.72. The molecule has 0 aliphatic carbocycles. The Kier molecular flexibility index (Phi) is 4.96.